The van der Waals surface area contributed by atoms with Crippen molar-refractivity contribution < 1.29 is 22.7 Å². The van der Waals surface area contributed by atoms with E-state index in [4.69, 9.17) is 9.47 Å². The van der Waals surface area contributed by atoms with Crippen molar-refractivity contribution in [2.24, 2.45) is 5.92 Å². The minimum absolute atomic E-state index is 0.0308. The predicted molar refractivity (Wildman–Crippen MR) is 131 cm³/mol. The Bertz CT molecular complexity index is 1450. The fraction of sp³-hybridized carbons (Fsp3) is 0.458. The molecule has 1 fully saturated rings. The molecule has 0 bridgehead atoms. The Hall–Kier alpha value is -2.60. The van der Waals surface area contributed by atoms with Gasteiger partial charge in [0.15, 0.2) is 0 Å². The highest BCUT2D eigenvalue weighted by atomic mass is 32.2. The summed E-state index contributed by atoms with van der Waals surface area (Å²) in [5, 5.41) is 0.642. The zero-order valence-electron chi connectivity index (χ0n) is 19.6. The van der Waals surface area contributed by atoms with Gasteiger partial charge in [0.05, 0.1) is 29.1 Å². The molecule has 9 nitrogen and oxygen atoms in total. The third kappa shape index (κ3) is 4.65. The van der Waals surface area contributed by atoms with Crippen LogP contribution in [0.3, 0.4) is 0 Å². The molecule has 1 atom stereocenters. The Morgan fingerprint density at radius 3 is 2.86 bits per heavy atom. The van der Waals surface area contributed by atoms with Crippen LogP contribution in [0.15, 0.2) is 27.9 Å². The van der Waals surface area contributed by atoms with E-state index in [0.29, 0.717) is 34.9 Å². The van der Waals surface area contributed by atoms with Gasteiger partial charge in [-0.25, -0.2) is 18.2 Å². The van der Waals surface area contributed by atoms with E-state index in [1.165, 1.54) is 32.7 Å². The number of nitrogens with one attached hydrogen (secondary N) is 1. The number of carbonyl (C=O) groups excluding carboxylic acids is 1. The summed E-state index contributed by atoms with van der Waals surface area (Å²) in [5.74, 6) is 0.168. The average Bonchev–Trinajstić information content (AvgIpc) is 3.21. The van der Waals surface area contributed by atoms with E-state index in [9.17, 15) is 18.0 Å². The van der Waals surface area contributed by atoms with E-state index < -0.39 is 16.0 Å². The van der Waals surface area contributed by atoms with E-state index in [1.807, 2.05) is 0 Å². The monoisotopic (exact) mass is 517 g/mol. The quantitative estimate of drug-likeness (QED) is 0.517. The molecule has 0 radical (unpaired) electrons. The molecule has 0 saturated carbocycles. The van der Waals surface area contributed by atoms with Crippen molar-refractivity contribution in [3.63, 3.8) is 0 Å². The number of rotatable bonds is 5. The number of thiophene rings is 1. The fourth-order valence-electron chi connectivity index (χ4n) is 4.59. The number of fused-ring (bicyclic) bond motifs is 3. The second-order valence-electron chi connectivity index (χ2n) is 9.11. The molecular weight excluding hydrogens is 490 g/mol. The lowest BCUT2D eigenvalue weighted by Gasteiger charge is -2.26. The van der Waals surface area contributed by atoms with Gasteiger partial charge in [0.2, 0.25) is 10.0 Å². The summed E-state index contributed by atoms with van der Waals surface area (Å²) in [7, 11) is -3.75. The highest BCUT2D eigenvalue weighted by Gasteiger charge is 2.28. The maximum absolute atomic E-state index is 13.0. The molecule has 1 aliphatic carbocycles. The number of hydrogen-bond donors (Lipinski definition) is 1. The van der Waals surface area contributed by atoms with Crippen LogP contribution in [0.25, 0.3) is 10.2 Å². The number of ether oxygens (including phenoxy) is 2. The Balaban J connectivity index is 1.36. The zero-order valence-corrected chi connectivity index (χ0v) is 21.3. The normalized spacial score (nSPS) is 19.0. The van der Waals surface area contributed by atoms with Crippen molar-refractivity contribution in [2.75, 3.05) is 26.3 Å². The number of morpholine rings is 1. The van der Waals surface area contributed by atoms with Crippen LogP contribution >= 0.6 is 11.3 Å². The number of H-pyrrole nitrogens is 1. The molecule has 1 aromatic carbocycles. The largest absolute Gasteiger partial charge is 0.454 e. The van der Waals surface area contributed by atoms with Gasteiger partial charge in [-0.05, 0) is 55.4 Å². The summed E-state index contributed by atoms with van der Waals surface area (Å²) < 4.78 is 38.0. The first-order valence-electron chi connectivity index (χ1n) is 11.6. The van der Waals surface area contributed by atoms with Crippen LogP contribution in [-0.4, -0.2) is 55.0 Å². The van der Waals surface area contributed by atoms with E-state index in [1.54, 1.807) is 13.0 Å². The molecule has 3 aromatic rings. The Morgan fingerprint density at radius 2 is 2.09 bits per heavy atom. The lowest BCUT2D eigenvalue weighted by molar-refractivity contribution is 0.0461. The van der Waals surface area contributed by atoms with Gasteiger partial charge in [0.25, 0.3) is 5.56 Å². The number of nitrogens with zero attached hydrogens (tertiary/aromatic N) is 2. The molecule has 1 N–H and O–H groups in total. The first-order chi connectivity index (χ1) is 16.7. The first kappa shape index (κ1) is 24.1. The molecule has 1 saturated heterocycles. The molecule has 3 heterocycles. The van der Waals surface area contributed by atoms with Crippen molar-refractivity contribution in [2.45, 2.75) is 44.6 Å². The minimum atomic E-state index is -3.75. The fourth-order valence-corrected chi connectivity index (χ4v) is 7.43. The van der Waals surface area contributed by atoms with Crippen molar-refractivity contribution >= 4 is 37.5 Å². The number of carbonyl (C=O) groups is 1. The van der Waals surface area contributed by atoms with Crippen LogP contribution in [0.4, 0.5) is 0 Å². The number of aromatic amines is 1. The topological polar surface area (TPSA) is 119 Å². The Morgan fingerprint density at radius 1 is 1.31 bits per heavy atom. The minimum Gasteiger partial charge on any atom is -0.454 e. The number of esters is 1. The van der Waals surface area contributed by atoms with Crippen LogP contribution in [0, 0.1) is 12.8 Å². The summed E-state index contributed by atoms with van der Waals surface area (Å²) in [4.78, 5) is 34.8. The number of aryl methyl sites for hydroxylation is 2. The summed E-state index contributed by atoms with van der Waals surface area (Å²) in [5.41, 5.74) is 1.62. The van der Waals surface area contributed by atoms with Crippen LogP contribution in [-0.2, 0) is 38.9 Å². The van der Waals surface area contributed by atoms with Crippen LogP contribution in [0.1, 0.15) is 45.5 Å². The summed E-state index contributed by atoms with van der Waals surface area (Å²) in [6, 6.07) is 4.42. The van der Waals surface area contributed by atoms with Crippen molar-refractivity contribution in [1.82, 2.24) is 14.3 Å². The molecule has 11 heteroatoms. The Labute approximate surface area is 207 Å². The van der Waals surface area contributed by atoms with Gasteiger partial charge in [-0.15, -0.1) is 11.3 Å². The molecular formula is C24H27N3O6S2. The van der Waals surface area contributed by atoms with Gasteiger partial charge in [-0.2, -0.15) is 4.31 Å². The van der Waals surface area contributed by atoms with Crippen molar-refractivity contribution in [3.05, 3.63) is 55.9 Å². The SMILES string of the molecule is Cc1ccc(S(=O)(=O)N2CCOCC2)cc1C(=O)OCc1nc2sc3c(c2c(=O)[nH]1)CCC(C)C3. The molecule has 1 aliphatic heterocycles. The standard InChI is InChI=1S/C24H27N3O6S2/c1-14-3-6-17-19(11-14)34-23-21(17)22(28)25-20(26-23)13-33-24(29)18-12-16(5-4-15(18)2)35(30,31)27-7-9-32-10-8-27/h4-5,12,14H,3,6-11,13H2,1-2H3,(H,25,26,28). The van der Waals surface area contributed by atoms with Gasteiger partial charge in [0.1, 0.15) is 17.3 Å². The lowest BCUT2D eigenvalue weighted by atomic mass is 9.89. The van der Waals surface area contributed by atoms with E-state index in [2.05, 4.69) is 16.9 Å². The molecule has 0 spiro atoms. The maximum atomic E-state index is 13.0. The molecule has 0 amide bonds. The summed E-state index contributed by atoms with van der Waals surface area (Å²) >= 11 is 1.53. The van der Waals surface area contributed by atoms with Gasteiger partial charge >= 0.3 is 5.97 Å². The number of hydrogen-bond acceptors (Lipinski definition) is 8. The van der Waals surface area contributed by atoms with E-state index in [-0.39, 0.29) is 41.5 Å². The van der Waals surface area contributed by atoms with Gasteiger partial charge < -0.3 is 14.5 Å². The predicted octanol–water partition coefficient (Wildman–Crippen LogP) is 2.80. The second-order valence-corrected chi connectivity index (χ2v) is 12.1. The molecule has 1 unspecified atom stereocenters. The summed E-state index contributed by atoms with van der Waals surface area (Å²) in [6.45, 7) is 4.90. The Kier molecular flexibility index (Phi) is 6.51. The number of sulfonamides is 1. The number of aromatic nitrogens is 2. The summed E-state index contributed by atoms with van der Waals surface area (Å²) in [6.07, 6.45) is 2.87. The molecule has 35 heavy (non-hydrogen) atoms. The van der Waals surface area contributed by atoms with E-state index in [0.717, 1.165) is 24.8 Å². The smallest absolute Gasteiger partial charge is 0.338 e. The van der Waals surface area contributed by atoms with E-state index >= 15 is 0 Å². The molecule has 2 aromatic heterocycles. The zero-order chi connectivity index (χ0) is 24.7. The highest BCUT2D eigenvalue weighted by Crippen LogP contribution is 2.35. The second kappa shape index (κ2) is 9.45. The van der Waals surface area contributed by atoms with Crippen LogP contribution in [0.2, 0.25) is 0 Å². The lowest BCUT2D eigenvalue weighted by Crippen LogP contribution is -2.40. The van der Waals surface area contributed by atoms with Crippen LogP contribution in [0.5, 0.6) is 0 Å². The van der Waals surface area contributed by atoms with Gasteiger partial charge in [0, 0.05) is 18.0 Å². The van der Waals surface area contributed by atoms with Crippen molar-refractivity contribution in [3.8, 4) is 0 Å². The molecule has 2 aliphatic rings. The van der Waals surface area contributed by atoms with Crippen LogP contribution < -0.4 is 5.56 Å². The first-order valence-corrected chi connectivity index (χ1v) is 13.9. The third-order valence-corrected chi connectivity index (χ3v) is 9.63. The van der Waals surface area contributed by atoms with Gasteiger partial charge in [-0.3, -0.25) is 4.79 Å². The van der Waals surface area contributed by atoms with Crippen molar-refractivity contribution in [1.29, 1.82) is 0 Å². The maximum Gasteiger partial charge on any atom is 0.338 e. The average molecular weight is 518 g/mol. The van der Waals surface area contributed by atoms with Gasteiger partial charge in [-0.1, -0.05) is 13.0 Å². The molecule has 5 rings (SSSR count). The third-order valence-electron chi connectivity index (χ3n) is 6.59. The molecule has 186 valence electrons. The number of benzene rings is 1. The highest BCUT2D eigenvalue weighted by molar-refractivity contribution is 7.89.